The van der Waals surface area contributed by atoms with Gasteiger partial charge in [0.1, 0.15) is 0 Å². The van der Waals surface area contributed by atoms with Crippen molar-refractivity contribution in [2.45, 2.75) is 24.6 Å². The molecule has 4 atom stereocenters. The molecule has 2 aliphatic rings. The van der Waals surface area contributed by atoms with E-state index in [9.17, 15) is 14.9 Å². The van der Waals surface area contributed by atoms with E-state index in [1.807, 2.05) is 0 Å². The molecule has 0 bridgehead atoms. The Morgan fingerprint density at radius 2 is 2.30 bits per heavy atom. The van der Waals surface area contributed by atoms with Crippen LogP contribution in [0, 0.1) is 16.0 Å². The highest BCUT2D eigenvalue weighted by molar-refractivity contribution is 5.95. The number of fused-ring (bicyclic) bond motifs is 1. The van der Waals surface area contributed by atoms with Gasteiger partial charge in [-0.3, -0.25) is 14.9 Å². The maximum absolute atomic E-state index is 12.1. The molecule has 1 aliphatic heterocycles. The Bertz CT molecular complexity index is 562. The number of nitrogens with zero attached hydrogens (tertiary/aromatic N) is 1. The third kappa shape index (κ3) is 2.04. The molecule has 1 aromatic rings. The van der Waals surface area contributed by atoms with E-state index >= 15 is 0 Å². The number of nitrogens with two attached hydrogens (primary N) is 1. The molecule has 3 N–H and O–H groups in total. The van der Waals surface area contributed by atoms with E-state index in [1.165, 1.54) is 18.2 Å². The van der Waals surface area contributed by atoms with Gasteiger partial charge < -0.3 is 15.8 Å². The lowest BCUT2D eigenvalue weighted by Crippen LogP contribution is -2.68. The summed E-state index contributed by atoms with van der Waals surface area (Å²) in [6.45, 7) is 0.673. The average molecular weight is 277 g/mol. The van der Waals surface area contributed by atoms with Gasteiger partial charge in [0, 0.05) is 36.3 Å². The van der Waals surface area contributed by atoms with E-state index in [0.717, 1.165) is 6.42 Å². The fourth-order valence-corrected chi connectivity index (χ4v) is 2.92. The third-order valence-electron chi connectivity index (χ3n) is 4.06. The van der Waals surface area contributed by atoms with E-state index < -0.39 is 4.92 Å². The van der Waals surface area contributed by atoms with Gasteiger partial charge in [0.2, 0.25) is 0 Å². The monoisotopic (exact) mass is 277 g/mol. The lowest BCUT2D eigenvalue weighted by molar-refractivity contribution is -0.384. The molecular weight excluding hydrogens is 262 g/mol. The topological polar surface area (TPSA) is 107 Å². The molecule has 4 unspecified atom stereocenters. The molecule has 1 saturated carbocycles. The molecule has 0 spiro atoms. The Labute approximate surface area is 115 Å². The van der Waals surface area contributed by atoms with Gasteiger partial charge >= 0.3 is 0 Å². The van der Waals surface area contributed by atoms with Crippen molar-refractivity contribution >= 4 is 11.6 Å². The van der Waals surface area contributed by atoms with E-state index in [0.29, 0.717) is 12.5 Å². The molecule has 7 nitrogen and oxygen atoms in total. The first-order chi connectivity index (χ1) is 9.58. The van der Waals surface area contributed by atoms with Crippen LogP contribution in [0.2, 0.25) is 0 Å². The van der Waals surface area contributed by atoms with Crippen molar-refractivity contribution in [3.05, 3.63) is 39.9 Å². The van der Waals surface area contributed by atoms with Crippen molar-refractivity contribution in [3.8, 4) is 0 Å². The average Bonchev–Trinajstić information content (AvgIpc) is 2.89. The van der Waals surface area contributed by atoms with Gasteiger partial charge in [-0.1, -0.05) is 6.07 Å². The summed E-state index contributed by atoms with van der Waals surface area (Å²) < 4.78 is 5.53. The van der Waals surface area contributed by atoms with Crippen LogP contribution in [-0.2, 0) is 4.74 Å². The van der Waals surface area contributed by atoms with Crippen LogP contribution in [0.1, 0.15) is 16.8 Å². The first kappa shape index (κ1) is 13.0. The fourth-order valence-electron chi connectivity index (χ4n) is 2.92. The first-order valence-corrected chi connectivity index (χ1v) is 6.50. The minimum atomic E-state index is -0.526. The number of ether oxygens (including phenoxy) is 1. The Morgan fingerprint density at radius 3 is 3.05 bits per heavy atom. The highest BCUT2D eigenvalue weighted by Gasteiger charge is 2.52. The van der Waals surface area contributed by atoms with Gasteiger partial charge in [-0.05, 0) is 12.5 Å². The summed E-state index contributed by atoms with van der Waals surface area (Å²) in [6.07, 6.45) is 0.905. The number of non-ortho nitro benzene ring substituents is 1. The van der Waals surface area contributed by atoms with Crippen molar-refractivity contribution in [3.63, 3.8) is 0 Å². The minimum Gasteiger partial charge on any atom is -0.376 e. The van der Waals surface area contributed by atoms with Gasteiger partial charge in [0.15, 0.2) is 0 Å². The molecule has 3 rings (SSSR count). The Hall–Kier alpha value is -1.99. The second kappa shape index (κ2) is 4.84. The SMILES string of the molecule is NC1C2CCOC2C1NC(=O)c1cccc([N+](=O)[O-])c1. The molecule has 1 saturated heterocycles. The molecule has 1 aliphatic carbocycles. The van der Waals surface area contributed by atoms with Crippen LogP contribution in [0.3, 0.4) is 0 Å². The number of benzene rings is 1. The summed E-state index contributed by atoms with van der Waals surface area (Å²) in [7, 11) is 0. The fraction of sp³-hybridized carbons (Fsp3) is 0.462. The normalized spacial score (nSPS) is 31.2. The largest absolute Gasteiger partial charge is 0.376 e. The number of nitro benzene ring substituents is 1. The van der Waals surface area contributed by atoms with Crippen LogP contribution in [-0.4, -0.2) is 35.6 Å². The van der Waals surface area contributed by atoms with Gasteiger partial charge in [0.25, 0.3) is 11.6 Å². The molecule has 7 heteroatoms. The molecule has 0 radical (unpaired) electrons. The quantitative estimate of drug-likeness (QED) is 0.615. The lowest BCUT2D eigenvalue weighted by Gasteiger charge is -2.45. The van der Waals surface area contributed by atoms with Crippen molar-refractivity contribution in [2.24, 2.45) is 11.7 Å². The van der Waals surface area contributed by atoms with Crippen molar-refractivity contribution in [1.29, 1.82) is 0 Å². The molecule has 2 fully saturated rings. The third-order valence-corrected chi connectivity index (χ3v) is 4.06. The van der Waals surface area contributed by atoms with E-state index in [2.05, 4.69) is 5.32 Å². The molecule has 20 heavy (non-hydrogen) atoms. The van der Waals surface area contributed by atoms with Crippen LogP contribution in [0.15, 0.2) is 24.3 Å². The van der Waals surface area contributed by atoms with Crippen LogP contribution in [0.5, 0.6) is 0 Å². The number of nitrogens with one attached hydrogen (secondary N) is 1. The molecule has 0 aromatic heterocycles. The zero-order valence-corrected chi connectivity index (χ0v) is 10.7. The van der Waals surface area contributed by atoms with Crippen molar-refractivity contribution in [2.75, 3.05) is 6.61 Å². The lowest BCUT2D eigenvalue weighted by atomic mass is 9.72. The maximum atomic E-state index is 12.1. The minimum absolute atomic E-state index is 0.0207. The zero-order valence-electron chi connectivity index (χ0n) is 10.7. The first-order valence-electron chi connectivity index (χ1n) is 6.50. The Kier molecular flexibility index (Phi) is 3.15. The van der Waals surface area contributed by atoms with E-state index in [4.69, 9.17) is 10.5 Å². The van der Waals surface area contributed by atoms with Crippen LogP contribution in [0.25, 0.3) is 0 Å². The number of nitro groups is 1. The van der Waals surface area contributed by atoms with E-state index in [1.54, 1.807) is 6.07 Å². The van der Waals surface area contributed by atoms with Gasteiger partial charge in [-0.2, -0.15) is 0 Å². The number of carbonyl (C=O) groups is 1. The Balaban J connectivity index is 1.70. The van der Waals surface area contributed by atoms with Crippen LogP contribution >= 0.6 is 0 Å². The Morgan fingerprint density at radius 1 is 1.50 bits per heavy atom. The molecular formula is C13H15N3O4. The summed E-state index contributed by atoms with van der Waals surface area (Å²) in [5, 5.41) is 13.5. The van der Waals surface area contributed by atoms with Gasteiger partial charge in [-0.15, -0.1) is 0 Å². The number of rotatable bonds is 3. The standard InChI is InChI=1S/C13H15N3O4/c14-10-9-4-5-20-12(9)11(10)15-13(17)7-2-1-3-8(6-7)16(18)19/h1-3,6,9-12H,4-5,14H2,(H,15,17). The van der Waals surface area contributed by atoms with E-state index in [-0.39, 0.29) is 35.3 Å². The summed E-state index contributed by atoms with van der Waals surface area (Å²) in [5.41, 5.74) is 6.16. The predicted molar refractivity (Wildman–Crippen MR) is 70.2 cm³/mol. The summed E-state index contributed by atoms with van der Waals surface area (Å²) in [4.78, 5) is 22.3. The summed E-state index contributed by atoms with van der Waals surface area (Å²) in [6, 6.07) is 5.32. The molecule has 1 amide bonds. The summed E-state index contributed by atoms with van der Waals surface area (Å²) in [5.74, 6) is -0.0477. The highest BCUT2D eigenvalue weighted by atomic mass is 16.6. The highest BCUT2D eigenvalue weighted by Crippen LogP contribution is 2.37. The maximum Gasteiger partial charge on any atom is 0.270 e. The summed E-state index contributed by atoms with van der Waals surface area (Å²) >= 11 is 0. The smallest absolute Gasteiger partial charge is 0.270 e. The van der Waals surface area contributed by atoms with Crippen LogP contribution < -0.4 is 11.1 Å². The van der Waals surface area contributed by atoms with Crippen LogP contribution in [0.4, 0.5) is 5.69 Å². The molecule has 1 heterocycles. The van der Waals surface area contributed by atoms with Crippen molar-refractivity contribution in [1.82, 2.24) is 5.32 Å². The predicted octanol–water partition coefficient (Wildman–Crippen LogP) is 0.439. The second-order valence-corrected chi connectivity index (χ2v) is 5.17. The van der Waals surface area contributed by atoms with Gasteiger partial charge in [0.05, 0.1) is 17.1 Å². The molecule has 1 aromatic carbocycles. The number of hydrogen-bond donors (Lipinski definition) is 2. The van der Waals surface area contributed by atoms with Crippen molar-refractivity contribution < 1.29 is 14.5 Å². The number of hydrogen-bond acceptors (Lipinski definition) is 5. The number of amides is 1. The second-order valence-electron chi connectivity index (χ2n) is 5.17. The zero-order chi connectivity index (χ0) is 14.3. The molecule has 106 valence electrons. The number of carbonyl (C=O) groups excluding carboxylic acids is 1. The van der Waals surface area contributed by atoms with Gasteiger partial charge in [-0.25, -0.2) is 0 Å².